The van der Waals surface area contributed by atoms with Crippen molar-refractivity contribution in [2.24, 2.45) is 41.4 Å². The Morgan fingerprint density at radius 1 is 0.604 bits per heavy atom. The number of esters is 1. The van der Waals surface area contributed by atoms with Gasteiger partial charge >= 0.3 is 5.97 Å². The Morgan fingerprint density at radius 2 is 1.19 bits per heavy atom. The summed E-state index contributed by atoms with van der Waals surface area (Å²) in [5.74, 6) is -6.42. The van der Waals surface area contributed by atoms with Crippen LogP contribution in [0.25, 0.3) is 0 Å². The zero-order chi connectivity index (χ0) is 72.5. The maximum atomic E-state index is 13.7. The van der Waals surface area contributed by atoms with Crippen molar-refractivity contribution in [3.63, 3.8) is 0 Å². The Labute approximate surface area is 573 Å². The van der Waals surface area contributed by atoms with E-state index >= 15 is 0 Å². The van der Waals surface area contributed by atoms with Gasteiger partial charge in [0.05, 0.1) is 122 Å². The predicted molar refractivity (Wildman–Crippen MR) is 365 cm³/mol. The highest BCUT2D eigenvalue weighted by molar-refractivity contribution is 5.71. The summed E-state index contributed by atoms with van der Waals surface area (Å²) in [6, 6.07) is -0.781. The molecule has 29 atom stereocenters. The van der Waals surface area contributed by atoms with Crippen molar-refractivity contribution in [1.29, 1.82) is 0 Å². The second-order valence-corrected chi connectivity index (χ2v) is 30.0. The van der Waals surface area contributed by atoms with Gasteiger partial charge in [-0.25, -0.2) is 0 Å². The fraction of sp³-hybridized carbons (Fsp3) is 0.877. The molecule has 23 nitrogen and oxygen atoms in total. The molecular formula is C73H133NO22. The number of carbonyl (C=O) groups is 1. The molecule has 0 saturated carbocycles. The third-order valence-electron chi connectivity index (χ3n) is 20.9. The lowest BCUT2D eigenvalue weighted by atomic mass is 9.80. The third-order valence-corrected chi connectivity index (χ3v) is 20.9. The number of ether oxygens (including phenoxy) is 4. The Bertz CT molecular complexity index is 2270. The van der Waals surface area contributed by atoms with Gasteiger partial charge in [-0.2, -0.15) is 0 Å². The van der Waals surface area contributed by atoms with Crippen molar-refractivity contribution < 1.29 is 111 Å². The number of unbranched alkanes of at least 4 members (excludes halogenated alkanes) is 1. The first kappa shape index (κ1) is 87.8. The lowest BCUT2D eigenvalue weighted by Gasteiger charge is -2.50. The number of hydrogen-bond donors (Lipinski definition) is 17. The maximum Gasteiger partial charge on any atom is 0.311 e. The number of fused-ring (bicyclic) bond motifs is 2. The van der Waals surface area contributed by atoms with Gasteiger partial charge in [0, 0.05) is 48.9 Å². The molecule has 23 heteroatoms. The van der Waals surface area contributed by atoms with Crippen molar-refractivity contribution in [3.8, 4) is 0 Å². The van der Waals surface area contributed by atoms with Gasteiger partial charge in [0.1, 0.15) is 12.2 Å². The molecule has 3 heterocycles. The molecular weight excluding hydrogens is 1240 g/mol. The van der Waals surface area contributed by atoms with Gasteiger partial charge < -0.3 is 111 Å². The van der Waals surface area contributed by atoms with Gasteiger partial charge in [-0.15, -0.1) is 0 Å². The van der Waals surface area contributed by atoms with Crippen LogP contribution in [0.4, 0.5) is 0 Å². The number of aliphatic hydroxyl groups excluding tert-OH is 16. The van der Waals surface area contributed by atoms with Crippen molar-refractivity contribution in [1.82, 2.24) is 4.90 Å². The van der Waals surface area contributed by atoms with Crippen LogP contribution in [-0.2, 0) is 23.7 Å². The molecule has 562 valence electrons. The topological polar surface area (TPSA) is 401 Å². The van der Waals surface area contributed by atoms with Crippen LogP contribution in [0, 0.1) is 41.4 Å². The van der Waals surface area contributed by atoms with E-state index in [0.29, 0.717) is 42.7 Å². The largest absolute Gasteiger partial charge is 0.458 e. The minimum absolute atomic E-state index is 0.00941. The summed E-state index contributed by atoms with van der Waals surface area (Å²) in [6.45, 7) is 19.4. The quantitative estimate of drug-likeness (QED) is 0.0903. The molecule has 0 aromatic heterocycles. The standard InChI is InChI=1S/C73H133NO22/c1-41(2)20-14-16-22-51-34-44(5)63(86)37-53(76)24-19-27-58(81)46(7)57(80)25-17-15-21-43(4)68(88)48(9)64-39-65(95-72-71(91)67(74(12)13)69(89)50(11)94-72)49(10)73(92,96-64)40-66(87)93-45(6)29-30-54(77)35-52(75)23-18-26-59(82)47(8)60(83)32-28-42(3)62(85)38-56(79)36-55(78)31-33-61(84)70(51)90/h15,17,21,29-30,34,41-42,45-65,67-72,75-86,88-92H,14,16,18-20,22-28,31-33,35-40H2,1-13H3/b17-15+,30-29+,43-21+,44-34+/t42?,45?,46?,47?,48?,49?,50-,51?,52?,53?,54?,55?,56?,57?,58?,59?,60?,61?,62?,63?,64?,65?,67?,68?,69-,70?,71-,72+,73?/m1/s1. The molecule has 3 rings (SSSR count). The Morgan fingerprint density at radius 3 is 1.80 bits per heavy atom. The number of hydrogen-bond acceptors (Lipinski definition) is 23. The summed E-state index contributed by atoms with van der Waals surface area (Å²) < 4.78 is 24.5. The number of cyclic esters (lactones) is 1. The SMILES string of the molecule is C/C1=C\C(CCCCC(C)C)C(O)C(O)CCC(O)CC(O)CC(O)C(C)CCC(O)C(C)C(O)CCCC(O)CC(O)/C=C/C(C)OC(=O)CC2(O)OC(CC(O[C@@H]3O[C@H](C)[C@@H](O)C(N(C)C)[C@H]3O)C2C)C(C)C(O)/C(C)=C/C=C/CC(O)C(C)C(O)CCCC(O)CC1O. The first-order valence-electron chi connectivity index (χ1n) is 36.0. The molecule has 0 aromatic rings. The molecule has 3 aliphatic rings. The van der Waals surface area contributed by atoms with Gasteiger partial charge in [0.2, 0.25) is 0 Å². The molecule has 0 aromatic carbocycles. The normalized spacial score (nSPS) is 44.4. The highest BCUT2D eigenvalue weighted by Crippen LogP contribution is 2.42. The zero-order valence-corrected chi connectivity index (χ0v) is 60.1. The van der Waals surface area contributed by atoms with Crippen LogP contribution in [-0.4, -0.2) is 252 Å². The molecule has 3 aliphatic heterocycles. The molecule has 25 unspecified atom stereocenters. The lowest BCUT2D eigenvalue weighted by Crippen LogP contribution is -2.64. The van der Waals surface area contributed by atoms with E-state index < -0.39 is 182 Å². The number of aliphatic hydroxyl groups is 17. The van der Waals surface area contributed by atoms with E-state index in [1.165, 1.54) is 12.2 Å². The van der Waals surface area contributed by atoms with Crippen LogP contribution in [0.2, 0.25) is 0 Å². The minimum atomic E-state index is -2.26. The number of likely N-dealkylation sites (N-methyl/N-ethyl adjacent to an activating group) is 1. The Hall–Kier alpha value is -2.41. The van der Waals surface area contributed by atoms with Gasteiger partial charge in [-0.1, -0.05) is 98.1 Å². The molecule has 0 spiro atoms. The van der Waals surface area contributed by atoms with Crippen LogP contribution in [0.15, 0.2) is 47.6 Å². The second-order valence-electron chi connectivity index (χ2n) is 30.0. The van der Waals surface area contributed by atoms with Crippen LogP contribution in [0.3, 0.4) is 0 Å². The predicted octanol–water partition coefficient (Wildman–Crippen LogP) is 4.50. The average molecular weight is 1380 g/mol. The number of carbonyl (C=O) groups excluding carboxylic acids is 1. The fourth-order valence-corrected chi connectivity index (χ4v) is 13.6. The summed E-state index contributed by atoms with van der Waals surface area (Å²) in [7, 11) is 3.40. The Kier molecular flexibility index (Phi) is 39.8. The van der Waals surface area contributed by atoms with Crippen molar-refractivity contribution in [2.75, 3.05) is 14.1 Å². The first-order chi connectivity index (χ1) is 44.9. The lowest BCUT2D eigenvalue weighted by molar-refractivity contribution is -0.351. The van der Waals surface area contributed by atoms with Gasteiger partial charge in [0.15, 0.2) is 12.1 Å². The average Bonchev–Trinajstić information content (AvgIpc) is 0.771. The van der Waals surface area contributed by atoms with E-state index in [2.05, 4.69) is 13.8 Å². The number of allylic oxidation sites excluding steroid dienone is 2. The van der Waals surface area contributed by atoms with E-state index in [0.717, 1.165) is 19.3 Å². The number of rotatable bonds is 8. The first-order valence-corrected chi connectivity index (χ1v) is 36.0. The summed E-state index contributed by atoms with van der Waals surface area (Å²) in [5, 5.41) is 191. The van der Waals surface area contributed by atoms with Crippen molar-refractivity contribution in [3.05, 3.63) is 47.6 Å². The molecule has 0 radical (unpaired) electrons. The zero-order valence-electron chi connectivity index (χ0n) is 60.1. The van der Waals surface area contributed by atoms with Crippen LogP contribution in [0.5, 0.6) is 0 Å². The van der Waals surface area contributed by atoms with E-state index in [1.54, 1.807) is 106 Å². The molecule has 17 N–H and O–H groups in total. The van der Waals surface area contributed by atoms with Crippen LogP contribution < -0.4 is 0 Å². The molecule has 2 bridgehead atoms. The third kappa shape index (κ3) is 29.9. The number of nitrogens with zero attached hydrogens (tertiary/aromatic N) is 1. The minimum Gasteiger partial charge on any atom is -0.458 e. The molecule has 0 aliphatic carbocycles. The van der Waals surface area contributed by atoms with E-state index in [4.69, 9.17) is 18.9 Å². The van der Waals surface area contributed by atoms with Gasteiger partial charge in [-0.05, 0) is 161 Å². The summed E-state index contributed by atoms with van der Waals surface area (Å²) in [4.78, 5) is 15.4. The fourth-order valence-electron chi connectivity index (χ4n) is 13.6. The maximum absolute atomic E-state index is 13.7. The summed E-state index contributed by atoms with van der Waals surface area (Å²) in [6.07, 6.45) is -7.60. The second kappa shape index (κ2) is 43.5. The van der Waals surface area contributed by atoms with E-state index in [-0.39, 0.29) is 89.4 Å². The van der Waals surface area contributed by atoms with Crippen molar-refractivity contribution >= 4 is 5.97 Å². The highest BCUT2D eigenvalue weighted by atomic mass is 16.7. The monoisotopic (exact) mass is 1380 g/mol. The smallest absolute Gasteiger partial charge is 0.311 e. The molecule has 0 amide bonds. The van der Waals surface area contributed by atoms with Gasteiger partial charge in [-0.3, -0.25) is 4.79 Å². The van der Waals surface area contributed by atoms with E-state index in [1.807, 2.05) is 0 Å². The molecule has 96 heavy (non-hydrogen) atoms. The van der Waals surface area contributed by atoms with Gasteiger partial charge in [0.25, 0.3) is 0 Å². The highest BCUT2D eigenvalue weighted by Gasteiger charge is 2.53. The summed E-state index contributed by atoms with van der Waals surface area (Å²) in [5.41, 5.74) is 0.999. The summed E-state index contributed by atoms with van der Waals surface area (Å²) >= 11 is 0. The molecule has 2 saturated heterocycles. The van der Waals surface area contributed by atoms with E-state index in [9.17, 15) is 91.6 Å². The van der Waals surface area contributed by atoms with Crippen molar-refractivity contribution in [2.45, 2.75) is 351 Å². The van der Waals surface area contributed by atoms with Crippen LogP contribution in [0.1, 0.15) is 211 Å². The van der Waals surface area contributed by atoms with Crippen LogP contribution >= 0.6 is 0 Å². The Balaban J connectivity index is 1.86. The molecule has 2 fully saturated rings.